The Morgan fingerprint density at radius 1 is 0.957 bits per heavy atom. The highest BCUT2D eigenvalue weighted by Crippen LogP contribution is 2.25. The van der Waals surface area contributed by atoms with Crippen LogP contribution in [-0.4, -0.2) is 18.9 Å². The number of carbonyl (C=O) groups is 2. The first-order valence-electron chi connectivity index (χ1n) is 9.49. The Hall–Kier alpha value is -0.860. The third-order valence-electron chi connectivity index (χ3n) is 4.39. The van der Waals surface area contributed by atoms with E-state index in [-0.39, 0.29) is 17.8 Å². The summed E-state index contributed by atoms with van der Waals surface area (Å²) in [5.41, 5.74) is -0.480. The zero-order valence-corrected chi connectivity index (χ0v) is 16.0. The Balaban J connectivity index is 4.54. The van der Waals surface area contributed by atoms with Crippen molar-refractivity contribution in [3.8, 4) is 0 Å². The normalized spacial score (nSPS) is 14.3. The molecule has 136 valence electrons. The molecule has 0 aliphatic rings. The number of hydrogen-bond donors (Lipinski definition) is 0. The zero-order chi connectivity index (χ0) is 17.7. The summed E-state index contributed by atoms with van der Waals surface area (Å²) in [6.07, 6.45) is 11.1. The van der Waals surface area contributed by atoms with E-state index in [1.807, 2.05) is 20.8 Å². The van der Waals surface area contributed by atoms with Gasteiger partial charge in [0.2, 0.25) is 0 Å². The molecule has 3 heteroatoms. The van der Waals surface area contributed by atoms with Crippen LogP contribution in [0.25, 0.3) is 0 Å². The lowest BCUT2D eigenvalue weighted by Crippen LogP contribution is -2.28. The fourth-order valence-electron chi connectivity index (χ4n) is 2.70. The Labute approximate surface area is 143 Å². The molecule has 0 radical (unpaired) electrons. The van der Waals surface area contributed by atoms with Gasteiger partial charge in [-0.2, -0.15) is 0 Å². The summed E-state index contributed by atoms with van der Waals surface area (Å²) in [6, 6.07) is 0. The fraction of sp³-hybridized carbons (Fsp3) is 0.900. The molecule has 0 unspecified atom stereocenters. The Kier molecular flexibility index (Phi) is 12.1. The minimum Gasteiger partial charge on any atom is -0.465 e. The minimum absolute atomic E-state index is 0.0245. The second-order valence-corrected chi connectivity index (χ2v) is 7.75. The lowest BCUT2D eigenvalue weighted by molar-refractivity contribution is -0.155. The summed E-state index contributed by atoms with van der Waals surface area (Å²) in [5, 5.41) is 0. The molecule has 2 atom stereocenters. The van der Waals surface area contributed by atoms with Crippen LogP contribution in [0.15, 0.2) is 0 Å². The molecule has 0 saturated heterocycles. The van der Waals surface area contributed by atoms with Crippen LogP contribution < -0.4 is 0 Å². The standard InChI is InChI=1S/C20H38O3/c1-6-8-10-12-13-17(15-21)18(14-11-9-7-2)16-23-19(22)20(3,4)5/h15,17-18H,6-14,16H2,1-5H3/t17-,18+/m0/s1. The van der Waals surface area contributed by atoms with Crippen molar-refractivity contribution >= 4 is 12.3 Å². The van der Waals surface area contributed by atoms with Gasteiger partial charge in [-0.1, -0.05) is 58.8 Å². The molecular formula is C20H38O3. The van der Waals surface area contributed by atoms with Gasteiger partial charge in [-0.3, -0.25) is 4.79 Å². The Bertz CT molecular complexity index is 317. The van der Waals surface area contributed by atoms with Crippen LogP contribution in [0.3, 0.4) is 0 Å². The van der Waals surface area contributed by atoms with E-state index in [9.17, 15) is 9.59 Å². The van der Waals surface area contributed by atoms with Gasteiger partial charge in [0.05, 0.1) is 12.0 Å². The molecule has 0 bridgehead atoms. The van der Waals surface area contributed by atoms with Crippen molar-refractivity contribution in [2.75, 3.05) is 6.61 Å². The molecule has 3 nitrogen and oxygen atoms in total. The number of aldehydes is 1. The van der Waals surface area contributed by atoms with Crippen LogP contribution in [0.4, 0.5) is 0 Å². The van der Waals surface area contributed by atoms with Crippen LogP contribution in [0.2, 0.25) is 0 Å². The van der Waals surface area contributed by atoms with Crippen LogP contribution in [-0.2, 0) is 14.3 Å². The summed E-state index contributed by atoms with van der Waals surface area (Å²) in [5.74, 6) is 0.0251. The van der Waals surface area contributed by atoms with Crippen LogP contribution in [0, 0.1) is 17.3 Å². The maximum absolute atomic E-state index is 12.0. The number of carbonyl (C=O) groups excluding carboxylic acids is 2. The molecule has 0 fully saturated rings. The molecule has 0 saturated carbocycles. The highest BCUT2D eigenvalue weighted by atomic mass is 16.5. The van der Waals surface area contributed by atoms with Gasteiger partial charge in [-0.15, -0.1) is 0 Å². The molecule has 0 N–H and O–H groups in total. The second kappa shape index (κ2) is 12.5. The quantitative estimate of drug-likeness (QED) is 0.253. The SMILES string of the molecule is CCCCCC[C@@H](C=O)[C@H](CCCCC)COC(=O)C(C)(C)C. The Morgan fingerprint density at radius 2 is 1.52 bits per heavy atom. The molecule has 0 rings (SSSR count). The van der Waals surface area contributed by atoms with Gasteiger partial charge in [-0.25, -0.2) is 0 Å². The molecule has 23 heavy (non-hydrogen) atoms. The first-order chi connectivity index (χ1) is 10.9. The van der Waals surface area contributed by atoms with Crippen molar-refractivity contribution in [2.45, 2.75) is 92.4 Å². The van der Waals surface area contributed by atoms with Gasteiger partial charge in [0, 0.05) is 11.8 Å². The molecule has 0 aliphatic heterocycles. The maximum atomic E-state index is 12.0. The summed E-state index contributed by atoms with van der Waals surface area (Å²) in [7, 11) is 0. The van der Waals surface area contributed by atoms with Crippen molar-refractivity contribution in [3.05, 3.63) is 0 Å². The maximum Gasteiger partial charge on any atom is 0.311 e. The van der Waals surface area contributed by atoms with Crippen LogP contribution >= 0.6 is 0 Å². The smallest absolute Gasteiger partial charge is 0.311 e. The number of esters is 1. The van der Waals surface area contributed by atoms with Gasteiger partial charge in [0.1, 0.15) is 6.29 Å². The van der Waals surface area contributed by atoms with E-state index < -0.39 is 5.41 Å². The van der Waals surface area contributed by atoms with E-state index in [1.165, 1.54) is 25.7 Å². The largest absolute Gasteiger partial charge is 0.465 e. The topological polar surface area (TPSA) is 43.4 Å². The molecule has 0 amide bonds. The van der Waals surface area contributed by atoms with E-state index in [0.717, 1.165) is 38.4 Å². The molecule has 0 aliphatic carbocycles. The summed E-state index contributed by atoms with van der Waals surface area (Å²) >= 11 is 0. The zero-order valence-electron chi connectivity index (χ0n) is 16.0. The number of hydrogen-bond acceptors (Lipinski definition) is 3. The Morgan fingerprint density at radius 3 is 2.04 bits per heavy atom. The number of rotatable bonds is 13. The molecule has 0 aromatic rings. The summed E-state index contributed by atoms with van der Waals surface area (Å²) in [4.78, 5) is 23.5. The van der Waals surface area contributed by atoms with Gasteiger partial charge < -0.3 is 9.53 Å². The lowest BCUT2D eigenvalue weighted by Gasteiger charge is -2.25. The van der Waals surface area contributed by atoms with E-state index in [4.69, 9.17) is 4.74 Å². The predicted molar refractivity (Wildman–Crippen MR) is 96.4 cm³/mol. The van der Waals surface area contributed by atoms with Crippen molar-refractivity contribution in [3.63, 3.8) is 0 Å². The number of unbranched alkanes of at least 4 members (excludes halogenated alkanes) is 5. The second-order valence-electron chi connectivity index (χ2n) is 7.75. The molecule has 0 heterocycles. The van der Waals surface area contributed by atoms with Crippen molar-refractivity contribution in [1.82, 2.24) is 0 Å². The third-order valence-corrected chi connectivity index (χ3v) is 4.39. The average molecular weight is 327 g/mol. The number of ether oxygens (including phenoxy) is 1. The molecule has 0 spiro atoms. The lowest BCUT2D eigenvalue weighted by atomic mass is 9.85. The van der Waals surface area contributed by atoms with Crippen LogP contribution in [0.5, 0.6) is 0 Å². The predicted octanol–water partition coefficient (Wildman–Crippen LogP) is 5.56. The minimum atomic E-state index is -0.480. The van der Waals surface area contributed by atoms with E-state index >= 15 is 0 Å². The van der Waals surface area contributed by atoms with Crippen LogP contribution in [0.1, 0.15) is 92.4 Å². The van der Waals surface area contributed by atoms with Crippen molar-refractivity contribution in [2.24, 2.45) is 17.3 Å². The highest BCUT2D eigenvalue weighted by molar-refractivity contribution is 5.75. The monoisotopic (exact) mass is 326 g/mol. The molecule has 0 aromatic carbocycles. The van der Waals surface area contributed by atoms with Gasteiger partial charge in [0.25, 0.3) is 0 Å². The van der Waals surface area contributed by atoms with Gasteiger partial charge in [-0.05, 0) is 33.6 Å². The van der Waals surface area contributed by atoms with Gasteiger partial charge in [0.15, 0.2) is 0 Å². The van der Waals surface area contributed by atoms with Gasteiger partial charge >= 0.3 is 5.97 Å². The highest BCUT2D eigenvalue weighted by Gasteiger charge is 2.27. The summed E-state index contributed by atoms with van der Waals surface area (Å²) < 4.78 is 5.51. The average Bonchev–Trinajstić information content (AvgIpc) is 2.50. The van der Waals surface area contributed by atoms with E-state index in [0.29, 0.717) is 6.61 Å². The summed E-state index contributed by atoms with van der Waals surface area (Å²) in [6.45, 7) is 10.3. The fourth-order valence-corrected chi connectivity index (χ4v) is 2.70. The first-order valence-corrected chi connectivity index (χ1v) is 9.49. The first kappa shape index (κ1) is 22.1. The molecule has 0 aromatic heterocycles. The van der Waals surface area contributed by atoms with Crippen molar-refractivity contribution in [1.29, 1.82) is 0 Å². The van der Waals surface area contributed by atoms with E-state index in [2.05, 4.69) is 13.8 Å². The third kappa shape index (κ3) is 10.5. The van der Waals surface area contributed by atoms with Crippen molar-refractivity contribution < 1.29 is 14.3 Å². The van der Waals surface area contributed by atoms with E-state index in [1.54, 1.807) is 0 Å². The molecular weight excluding hydrogens is 288 g/mol.